The van der Waals surface area contributed by atoms with Crippen LogP contribution in [0.3, 0.4) is 0 Å². The second kappa shape index (κ2) is 7.33. The molecule has 0 unspecified atom stereocenters. The average molecular weight is 127 g/mol. The van der Waals surface area contributed by atoms with E-state index in [1.54, 1.807) is 18.5 Å². The Labute approximate surface area is 55.4 Å². The van der Waals surface area contributed by atoms with Crippen molar-refractivity contribution in [3.05, 3.63) is 12.3 Å². The Bertz CT molecular complexity index is 96.5. The molecule has 0 rings (SSSR count). The largest absolute Gasteiger partial charge is 0.330 e. The predicted octanol–water partition coefficient (Wildman–Crippen LogP) is -0.122. The Morgan fingerprint density at radius 3 is 2.67 bits per heavy atom. The van der Waals surface area contributed by atoms with Crippen molar-refractivity contribution in [2.24, 2.45) is 16.5 Å². The number of aliphatic imine (C=N–C) groups is 1. The molecule has 3 heteroatoms. The molecule has 9 heavy (non-hydrogen) atoms. The van der Waals surface area contributed by atoms with E-state index in [1.807, 2.05) is 0 Å². The SMILES string of the molecule is NCC=CN=CCCN. The molecule has 0 spiro atoms. The summed E-state index contributed by atoms with van der Waals surface area (Å²) in [5.74, 6) is 0. The van der Waals surface area contributed by atoms with E-state index in [1.165, 1.54) is 0 Å². The smallest absolute Gasteiger partial charge is 0.0236 e. The molecule has 3 nitrogen and oxygen atoms in total. The third kappa shape index (κ3) is 7.33. The van der Waals surface area contributed by atoms with Crippen molar-refractivity contribution in [3.63, 3.8) is 0 Å². The van der Waals surface area contributed by atoms with Crippen LogP contribution < -0.4 is 11.5 Å². The number of nitrogens with two attached hydrogens (primary N) is 2. The van der Waals surface area contributed by atoms with Crippen molar-refractivity contribution < 1.29 is 0 Å². The number of hydrogen-bond donors (Lipinski definition) is 2. The molecule has 0 saturated carbocycles. The molecule has 4 N–H and O–H groups in total. The van der Waals surface area contributed by atoms with Crippen molar-refractivity contribution in [2.75, 3.05) is 13.1 Å². The topological polar surface area (TPSA) is 64.4 Å². The third-order valence-electron chi connectivity index (χ3n) is 0.729. The molecular formula is C6H13N3. The molecule has 0 fully saturated rings. The van der Waals surface area contributed by atoms with Gasteiger partial charge in [-0.1, -0.05) is 6.08 Å². The summed E-state index contributed by atoms with van der Waals surface area (Å²) in [4.78, 5) is 3.89. The summed E-state index contributed by atoms with van der Waals surface area (Å²) in [7, 11) is 0. The quantitative estimate of drug-likeness (QED) is 0.517. The summed E-state index contributed by atoms with van der Waals surface area (Å²) in [6, 6.07) is 0. The zero-order valence-electron chi connectivity index (χ0n) is 5.46. The maximum absolute atomic E-state index is 5.20. The van der Waals surface area contributed by atoms with E-state index in [-0.39, 0.29) is 0 Å². The molecule has 0 aromatic heterocycles. The second-order valence-corrected chi connectivity index (χ2v) is 1.53. The lowest BCUT2D eigenvalue weighted by Crippen LogP contribution is -1.97. The van der Waals surface area contributed by atoms with Crippen molar-refractivity contribution in [2.45, 2.75) is 6.42 Å². The highest BCUT2D eigenvalue weighted by atomic mass is 14.7. The van der Waals surface area contributed by atoms with Crippen molar-refractivity contribution in [1.82, 2.24) is 0 Å². The van der Waals surface area contributed by atoms with Gasteiger partial charge in [0.25, 0.3) is 0 Å². The molecule has 0 bridgehead atoms. The summed E-state index contributed by atoms with van der Waals surface area (Å²) in [6.45, 7) is 1.19. The standard InChI is InChI=1S/C6H13N3/c7-3-1-5-9-6-2-4-8/h1,5-6H,2-4,7-8H2. The van der Waals surface area contributed by atoms with E-state index >= 15 is 0 Å². The molecule has 0 heterocycles. The van der Waals surface area contributed by atoms with E-state index in [0.717, 1.165) is 6.42 Å². The Morgan fingerprint density at radius 1 is 1.33 bits per heavy atom. The molecule has 0 aliphatic heterocycles. The van der Waals surface area contributed by atoms with Gasteiger partial charge in [-0.25, -0.2) is 0 Å². The molecular weight excluding hydrogens is 114 g/mol. The molecule has 0 saturated heterocycles. The first kappa shape index (κ1) is 8.33. The normalized spacial score (nSPS) is 11.8. The van der Waals surface area contributed by atoms with Gasteiger partial charge >= 0.3 is 0 Å². The molecule has 0 aromatic rings. The Kier molecular flexibility index (Phi) is 6.78. The Hall–Kier alpha value is -0.670. The lowest BCUT2D eigenvalue weighted by Gasteiger charge is -1.80. The zero-order chi connectivity index (χ0) is 6.95. The highest BCUT2D eigenvalue weighted by Gasteiger charge is 1.68. The fourth-order valence-electron chi connectivity index (χ4n) is 0.332. The minimum Gasteiger partial charge on any atom is -0.330 e. The van der Waals surface area contributed by atoms with Crippen molar-refractivity contribution in [3.8, 4) is 0 Å². The Balaban J connectivity index is 3.13. The van der Waals surface area contributed by atoms with Crippen LogP contribution in [0.25, 0.3) is 0 Å². The average Bonchev–Trinajstić information content (AvgIpc) is 1.89. The van der Waals surface area contributed by atoms with Crippen LogP contribution in [0.4, 0.5) is 0 Å². The number of hydrogen-bond acceptors (Lipinski definition) is 3. The van der Waals surface area contributed by atoms with Crippen molar-refractivity contribution >= 4 is 6.21 Å². The minimum atomic E-state index is 0.542. The van der Waals surface area contributed by atoms with E-state index in [9.17, 15) is 0 Å². The van der Waals surface area contributed by atoms with Crippen LogP contribution in [0.5, 0.6) is 0 Å². The lowest BCUT2D eigenvalue weighted by molar-refractivity contribution is 1.06. The van der Waals surface area contributed by atoms with Gasteiger partial charge in [-0.3, -0.25) is 4.99 Å². The van der Waals surface area contributed by atoms with E-state index in [4.69, 9.17) is 11.5 Å². The van der Waals surface area contributed by atoms with Crippen LogP contribution in [0.1, 0.15) is 6.42 Å². The van der Waals surface area contributed by atoms with Crippen LogP contribution in [0, 0.1) is 0 Å². The van der Waals surface area contributed by atoms with Crippen LogP contribution in [0.2, 0.25) is 0 Å². The highest BCUT2D eigenvalue weighted by Crippen LogP contribution is 1.72. The van der Waals surface area contributed by atoms with Gasteiger partial charge in [-0.2, -0.15) is 0 Å². The fourth-order valence-corrected chi connectivity index (χ4v) is 0.332. The van der Waals surface area contributed by atoms with E-state index in [0.29, 0.717) is 13.1 Å². The lowest BCUT2D eigenvalue weighted by atomic mass is 10.5. The number of nitrogens with zero attached hydrogens (tertiary/aromatic N) is 1. The maximum Gasteiger partial charge on any atom is 0.0236 e. The summed E-state index contributed by atoms with van der Waals surface area (Å²) in [5.41, 5.74) is 10.4. The molecule has 0 aromatic carbocycles. The molecule has 52 valence electrons. The third-order valence-corrected chi connectivity index (χ3v) is 0.729. The van der Waals surface area contributed by atoms with E-state index in [2.05, 4.69) is 4.99 Å². The second-order valence-electron chi connectivity index (χ2n) is 1.53. The van der Waals surface area contributed by atoms with Crippen LogP contribution in [-0.2, 0) is 0 Å². The Morgan fingerprint density at radius 2 is 2.11 bits per heavy atom. The maximum atomic E-state index is 5.20. The van der Waals surface area contributed by atoms with Gasteiger partial charge in [0.15, 0.2) is 0 Å². The van der Waals surface area contributed by atoms with Gasteiger partial charge in [-0.05, 0) is 13.0 Å². The van der Waals surface area contributed by atoms with Gasteiger partial charge in [-0.15, -0.1) is 0 Å². The van der Waals surface area contributed by atoms with Gasteiger partial charge in [0.1, 0.15) is 0 Å². The first-order chi connectivity index (χ1) is 4.41. The van der Waals surface area contributed by atoms with Crippen LogP contribution in [-0.4, -0.2) is 19.3 Å². The number of rotatable bonds is 4. The van der Waals surface area contributed by atoms with Gasteiger partial charge < -0.3 is 11.5 Å². The monoisotopic (exact) mass is 127 g/mol. The molecule has 0 aliphatic carbocycles. The summed E-state index contributed by atoms with van der Waals surface area (Å²) in [6.07, 6.45) is 6.06. The van der Waals surface area contributed by atoms with E-state index < -0.39 is 0 Å². The predicted molar refractivity (Wildman–Crippen MR) is 40.4 cm³/mol. The summed E-state index contributed by atoms with van der Waals surface area (Å²) < 4.78 is 0. The van der Waals surface area contributed by atoms with Gasteiger partial charge in [0.05, 0.1) is 0 Å². The fraction of sp³-hybridized carbons (Fsp3) is 0.500. The molecule has 0 radical (unpaired) electrons. The first-order valence-corrected chi connectivity index (χ1v) is 2.98. The zero-order valence-corrected chi connectivity index (χ0v) is 5.46. The molecule has 0 aliphatic rings. The highest BCUT2D eigenvalue weighted by molar-refractivity contribution is 5.58. The van der Waals surface area contributed by atoms with Crippen LogP contribution in [0.15, 0.2) is 17.3 Å². The minimum absolute atomic E-state index is 0.542. The summed E-state index contributed by atoms with van der Waals surface area (Å²) >= 11 is 0. The van der Waals surface area contributed by atoms with Crippen molar-refractivity contribution in [1.29, 1.82) is 0 Å². The molecule has 0 amide bonds. The van der Waals surface area contributed by atoms with Crippen LogP contribution >= 0.6 is 0 Å². The van der Waals surface area contributed by atoms with Gasteiger partial charge in [0.2, 0.25) is 0 Å². The van der Waals surface area contributed by atoms with Gasteiger partial charge in [0, 0.05) is 19.0 Å². The first-order valence-electron chi connectivity index (χ1n) is 2.98. The summed E-state index contributed by atoms with van der Waals surface area (Å²) in [5, 5.41) is 0. The molecule has 0 atom stereocenters.